The third kappa shape index (κ3) is 3.84. The SMILES string of the molecule is Cc1ccc(C(CN)N2CCOCC2C(=O)NC(C)C)o1. The summed E-state index contributed by atoms with van der Waals surface area (Å²) in [5.41, 5.74) is 5.93. The molecule has 0 radical (unpaired) electrons. The highest BCUT2D eigenvalue weighted by Crippen LogP contribution is 2.25. The standard InChI is InChI=1S/C15H25N3O3/c1-10(2)17-15(19)13-9-20-7-6-18(13)12(8-16)14-5-4-11(3)21-14/h4-5,10,12-13H,6-9,16H2,1-3H3,(H,17,19). The number of morpholine rings is 1. The van der Waals surface area contributed by atoms with Gasteiger partial charge in [0.1, 0.15) is 17.6 Å². The Morgan fingerprint density at radius 3 is 2.86 bits per heavy atom. The third-order valence-electron chi connectivity index (χ3n) is 3.62. The van der Waals surface area contributed by atoms with Gasteiger partial charge in [-0.2, -0.15) is 0 Å². The lowest BCUT2D eigenvalue weighted by Gasteiger charge is -2.39. The van der Waals surface area contributed by atoms with Crippen molar-refractivity contribution in [3.05, 3.63) is 23.7 Å². The fourth-order valence-corrected chi connectivity index (χ4v) is 2.64. The molecular formula is C15H25N3O3. The van der Waals surface area contributed by atoms with Gasteiger partial charge in [0.2, 0.25) is 5.91 Å². The summed E-state index contributed by atoms with van der Waals surface area (Å²) in [6.45, 7) is 7.84. The first-order valence-electron chi connectivity index (χ1n) is 7.43. The highest BCUT2D eigenvalue weighted by molar-refractivity contribution is 5.82. The van der Waals surface area contributed by atoms with E-state index in [1.54, 1.807) is 0 Å². The number of carbonyl (C=O) groups excluding carboxylic acids is 1. The van der Waals surface area contributed by atoms with E-state index in [-0.39, 0.29) is 24.0 Å². The second-order valence-corrected chi connectivity index (χ2v) is 5.69. The monoisotopic (exact) mass is 295 g/mol. The van der Waals surface area contributed by atoms with Crippen LogP contribution < -0.4 is 11.1 Å². The molecule has 1 fully saturated rings. The van der Waals surface area contributed by atoms with Crippen LogP contribution in [0.2, 0.25) is 0 Å². The van der Waals surface area contributed by atoms with E-state index in [0.717, 1.165) is 11.5 Å². The average molecular weight is 295 g/mol. The number of carbonyl (C=O) groups is 1. The van der Waals surface area contributed by atoms with Crippen LogP contribution in [0.15, 0.2) is 16.5 Å². The Labute approximate surface area is 125 Å². The summed E-state index contributed by atoms with van der Waals surface area (Å²) in [5, 5.41) is 2.95. The van der Waals surface area contributed by atoms with E-state index in [2.05, 4.69) is 10.2 Å². The smallest absolute Gasteiger partial charge is 0.239 e. The third-order valence-corrected chi connectivity index (χ3v) is 3.62. The summed E-state index contributed by atoms with van der Waals surface area (Å²) in [6, 6.07) is 3.51. The minimum absolute atomic E-state index is 0.0218. The molecule has 1 aromatic heterocycles. The number of hydrogen-bond acceptors (Lipinski definition) is 5. The van der Waals surface area contributed by atoms with Gasteiger partial charge in [0.05, 0.1) is 19.3 Å². The number of rotatable bonds is 5. The normalized spacial score (nSPS) is 21.5. The molecule has 0 aliphatic carbocycles. The molecule has 0 aromatic carbocycles. The topological polar surface area (TPSA) is 80.7 Å². The molecule has 1 aliphatic rings. The zero-order chi connectivity index (χ0) is 15.4. The zero-order valence-electron chi connectivity index (χ0n) is 13.0. The Hall–Kier alpha value is -1.37. The van der Waals surface area contributed by atoms with Gasteiger partial charge in [-0.05, 0) is 32.9 Å². The van der Waals surface area contributed by atoms with Crippen LogP contribution in [0.5, 0.6) is 0 Å². The molecule has 3 N–H and O–H groups in total. The number of hydrogen-bond donors (Lipinski definition) is 2. The molecule has 6 heteroatoms. The Morgan fingerprint density at radius 2 is 2.29 bits per heavy atom. The summed E-state index contributed by atoms with van der Waals surface area (Å²) in [5.74, 6) is 1.63. The first kappa shape index (κ1) is 16.0. The molecule has 0 spiro atoms. The van der Waals surface area contributed by atoms with Crippen molar-refractivity contribution in [1.82, 2.24) is 10.2 Å². The number of ether oxygens (including phenoxy) is 1. The number of nitrogens with two attached hydrogens (primary N) is 1. The van der Waals surface area contributed by atoms with Crippen LogP contribution in [-0.2, 0) is 9.53 Å². The van der Waals surface area contributed by atoms with Crippen LogP contribution in [0.4, 0.5) is 0 Å². The van der Waals surface area contributed by atoms with Gasteiger partial charge in [-0.25, -0.2) is 0 Å². The van der Waals surface area contributed by atoms with Crippen LogP contribution in [0.3, 0.4) is 0 Å². The first-order chi connectivity index (χ1) is 10.0. The molecule has 21 heavy (non-hydrogen) atoms. The number of amides is 1. The van der Waals surface area contributed by atoms with Crippen molar-refractivity contribution in [3.63, 3.8) is 0 Å². The quantitative estimate of drug-likeness (QED) is 0.840. The van der Waals surface area contributed by atoms with Gasteiger partial charge in [0.25, 0.3) is 0 Å². The number of nitrogens with one attached hydrogen (secondary N) is 1. The lowest BCUT2D eigenvalue weighted by Crippen LogP contribution is -2.56. The Morgan fingerprint density at radius 1 is 1.52 bits per heavy atom. The Kier molecular flexibility index (Phi) is 5.39. The molecule has 1 aliphatic heterocycles. The van der Waals surface area contributed by atoms with E-state index in [1.165, 1.54) is 0 Å². The van der Waals surface area contributed by atoms with E-state index in [0.29, 0.717) is 26.3 Å². The highest BCUT2D eigenvalue weighted by atomic mass is 16.5. The Balaban J connectivity index is 2.18. The van der Waals surface area contributed by atoms with Gasteiger partial charge in [0.15, 0.2) is 0 Å². The minimum atomic E-state index is -0.333. The summed E-state index contributed by atoms with van der Waals surface area (Å²) in [4.78, 5) is 14.5. The van der Waals surface area contributed by atoms with Crippen molar-refractivity contribution in [2.75, 3.05) is 26.3 Å². The Bertz CT molecular complexity index is 472. The number of nitrogens with zero attached hydrogens (tertiary/aromatic N) is 1. The van der Waals surface area contributed by atoms with Crippen molar-refractivity contribution in [2.45, 2.75) is 38.9 Å². The number of furan rings is 1. The van der Waals surface area contributed by atoms with Gasteiger partial charge in [-0.15, -0.1) is 0 Å². The van der Waals surface area contributed by atoms with Crippen LogP contribution >= 0.6 is 0 Å². The van der Waals surface area contributed by atoms with E-state index in [4.69, 9.17) is 14.9 Å². The van der Waals surface area contributed by atoms with Gasteiger partial charge in [-0.1, -0.05) is 0 Å². The van der Waals surface area contributed by atoms with Gasteiger partial charge in [-0.3, -0.25) is 9.69 Å². The maximum absolute atomic E-state index is 12.4. The van der Waals surface area contributed by atoms with Gasteiger partial charge < -0.3 is 20.2 Å². The molecule has 2 rings (SSSR count). The van der Waals surface area contributed by atoms with Crippen LogP contribution in [0.25, 0.3) is 0 Å². The molecule has 0 bridgehead atoms. The van der Waals surface area contributed by atoms with E-state index >= 15 is 0 Å². The molecule has 118 valence electrons. The largest absolute Gasteiger partial charge is 0.465 e. The fourth-order valence-electron chi connectivity index (χ4n) is 2.64. The second-order valence-electron chi connectivity index (χ2n) is 5.69. The van der Waals surface area contributed by atoms with Gasteiger partial charge >= 0.3 is 0 Å². The first-order valence-corrected chi connectivity index (χ1v) is 7.43. The van der Waals surface area contributed by atoms with Crippen LogP contribution in [0.1, 0.15) is 31.4 Å². The van der Waals surface area contributed by atoms with Gasteiger partial charge in [0, 0.05) is 19.1 Å². The average Bonchev–Trinajstić information content (AvgIpc) is 2.86. The van der Waals surface area contributed by atoms with Crippen LogP contribution in [0, 0.1) is 6.92 Å². The molecule has 2 unspecified atom stereocenters. The van der Waals surface area contributed by atoms with E-state index < -0.39 is 0 Å². The molecule has 2 atom stereocenters. The summed E-state index contributed by atoms with van der Waals surface area (Å²) in [7, 11) is 0. The van der Waals surface area contributed by atoms with Crippen molar-refractivity contribution in [1.29, 1.82) is 0 Å². The number of aryl methyl sites for hydroxylation is 1. The molecule has 6 nitrogen and oxygen atoms in total. The minimum Gasteiger partial charge on any atom is -0.465 e. The molecule has 2 heterocycles. The predicted octanol–water partition coefficient (Wildman–Crippen LogP) is 0.813. The van der Waals surface area contributed by atoms with E-state index in [9.17, 15) is 4.79 Å². The summed E-state index contributed by atoms with van der Waals surface area (Å²) < 4.78 is 11.2. The molecule has 0 saturated carbocycles. The molecular weight excluding hydrogens is 270 g/mol. The maximum atomic E-state index is 12.4. The van der Waals surface area contributed by atoms with E-state index in [1.807, 2.05) is 32.9 Å². The molecule has 1 aromatic rings. The van der Waals surface area contributed by atoms with Crippen LogP contribution in [-0.4, -0.2) is 49.2 Å². The fraction of sp³-hybridized carbons (Fsp3) is 0.667. The lowest BCUT2D eigenvalue weighted by atomic mass is 10.1. The second kappa shape index (κ2) is 7.06. The van der Waals surface area contributed by atoms with Crippen molar-refractivity contribution in [2.24, 2.45) is 5.73 Å². The molecule has 1 saturated heterocycles. The van der Waals surface area contributed by atoms with Crippen molar-refractivity contribution in [3.8, 4) is 0 Å². The highest BCUT2D eigenvalue weighted by Gasteiger charge is 2.35. The van der Waals surface area contributed by atoms with Crippen molar-refractivity contribution < 1.29 is 13.9 Å². The zero-order valence-corrected chi connectivity index (χ0v) is 13.0. The summed E-state index contributed by atoms with van der Waals surface area (Å²) >= 11 is 0. The summed E-state index contributed by atoms with van der Waals surface area (Å²) in [6.07, 6.45) is 0. The van der Waals surface area contributed by atoms with Crippen molar-refractivity contribution >= 4 is 5.91 Å². The maximum Gasteiger partial charge on any atom is 0.239 e. The lowest BCUT2D eigenvalue weighted by molar-refractivity contribution is -0.135. The predicted molar refractivity (Wildman–Crippen MR) is 79.8 cm³/mol. The molecule has 1 amide bonds.